The van der Waals surface area contributed by atoms with E-state index in [-0.39, 0.29) is 0 Å². The van der Waals surface area contributed by atoms with E-state index in [0.29, 0.717) is 5.92 Å². The lowest BCUT2D eigenvalue weighted by Gasteiger charge is -2.13. The predicted octanol–water partition coefficient (Wildman–Crippen LogP) is 7.24. The third-order valence-corrected chi connectivity index (χ3v) is 8.59. The Morgan fingerprint density at radius 3 is 2.36 bits per heavy atom. The highest BCUT2D eigenvalue weighted by atomic mass is 15.1. The fourth-order valence-electron chi connectivity index (χ4n) is 6.89. The van der Waals surface area contributed by atoms with Crippen LogP contribution in [0.4, 0.5) is 0 Å². The van der Waals surface area contributed by atoms with Crippen LogP contribution in [0.15, 0.2) is 48.5 Å². The highest BCUT2D eigenvalue weighted by molar-refractivity contribution is 6.09. The maximum absolute atomic E-state index is 5.36. The van der Waals surface area contributed by atoms with Gasteiger partial charge in [-0.25, -0.2) is 4.57 Å². The quantitative estimate of drug-likeness (QED) is 0.212. The highest BCUT2D eigenvalue weighted by Gasteiger charge is 2.28. The van der Waals surface area contributed by atoms with Crippen LogP contribution in [0.3, 0.4) is 0 Å². The van der Waals surface area contributed by atoms with Crippen molar-refractivity contribution in [1.29, 1.82) is 0 Å². The topological polar surface area (TPSA) is 21.9 Å². The van der Waals surface area contributed by atoms with Gasteiger partial charge in [0, 0.05) is 17.0 Å². The van der Waals surface area contributed by atoms with Gasteiger partial charge in [0.05, 0.1) is 18.0 Å². The number of hydrogen-bond donors (Lipinski definition) is 0. The molecule has 0 atom stereocenters. The molecule has 3 nitrogen and oxygen atoms in total. The summed E-state index contributed by atoms with van der Waals surface area (Å²) in [6.07, 6.45) is 10.7. The van der Waals surface area contributed by atoms with Crippen LogP contribution in [0.25, 0.3) is 38.5 Å². The van der Waals surface area contributed by atoms with E-state index in [1.807, 2.05) is 0 Å². The van der Waals surface area contributed by atoms with Crippen LogP contribution in [-0.2, 0) is 7.05 Å². The smallest absolute Gasteiger partial charge is 0.251 e. The van der Waals surface area contributed by atoms with Crippen LogP contribution in [0.5, 0.6) is 0 Å². The van der Waals surface area contributed by atoms with Crippen molar-refractivity contribution in [2.75, 3.05) is 0 Å². The standard InChI is InChI=1S/C30H32N3/c1-19-17-24(21-11-5-6-12-21)31-29-23-13-7-8-14-25(23)33-26-16-15-22(20-9-3-4-10-20)18-27(26)32(2)30(33)28(19)29/h7-8,13-18,20-21H,3-6,9-12H2,1-2H3/q+1. The minimum atomic E-state index is 0.622. The first-order valence-electron chi connectivity index (χ1n) is 12.9. The largest absolute Gasteiger partial charge is 0.297 e. The Labute approximate surface area is 195 Å². The van der Waals surface area contributed by atoms with Gasteiger partial charge in [0.15, 0.2) is 11.0 Å². The molecule has 2 aromatic carbocycles. The molecule has 2 fully saturated rings. The molecule has 0 radical (unpaired) electrons. The second-order valence-corrected chi connectivity index (χ2v) is 10.5. The van der Waals surface area contributed by atoms with Crippen LogP contribution in [-0.4, -0.2) is 9.55 Å². The van der Waals surface area contributed by atoms with Crippen molar-refractivity contribution in [3.8, 4) is 0 Å². The first kappa shape index (κ1) is 19.5. The zero-order valence-electron chi connectivity index (χ0n) is 19.8. The highest BCUT2D eigenvalue weighted by Crippen LogP contribution is 2.38. The molecule has 3 aromatic heterocycles. The molecule has 0 spiro atoms. The molecular formula is C30H32N3+. The average Bonchev–Trinajstić information content (AvgIpc) is 3.61. The van der Waals surface area contributed by atoms with Gasteiger partial charge in [-0.3, -0.25) is 4.98 Å². The summed E-state index contributed by atoms with van der Waals surface area (Å²) in [5.41, 5.74) is 10.5. The van der Waals surface area contributed by atoms with E-state index in [9.17, 15) is 0 Å². The number of rotatable bonds is 2. The van der Waals surface area contributed by atoms with Gasteiger partial charge in [0.2, 0.25) is 0 Å². The average molecular weight is 435 g/mol. The van der Waals surface area contributed by atoms with Crippen molar-refractivity contribution in [1.82, 2.24) is 9.55 Å². The van der Waals surface area contributed by atoms with Crippen LogP contribution in [0.2, 0.25) is 0 Å². The molecule has 2 aliphatic carbocycles. The van der Waals surface area contributed by atoms with E-state index in [1.165, 1.54) is 107 Å². The summed E-state index contributed by atoms with van der Waals surface area (Å²) in [6.45, 7) is 2.29. The summed E-state index contributed by atoms with van der Waals surface area (Å²) in [5.74, 6) is 1.35. The second-order valence-electron chi connectivity index (χ2n) is 10.5. The zero-order valence-corrected chi connectivity index (χ0v) is 19.8. The van der Waals surface area contributed by atoms with Gasteiger partial charge in [0.1, 0.15) is 5.52 Å². The second kappa shape index (κ2) is 7.28. The van der Waals surface area contributed by atoms with Crippen molar-refractivity contribution >= 4 is 38.5 Å². The van der Waals surface area contributed by atoms with E-state index >= 15 is 0 Å². The van der Waals surface area contributed by atoms with Gasteiger partial charge >= 0.3 is 0 Å². The van der Waals surface area contributed by atoms with Crippen LogP contribution in [0.1, 0.15) is 80.0 Å². The minimum Gasteiger partial charge on any atom is -0.251 e. The molecule has 3 heterocycles. The molecule has 0 unspecified atom stereocenters. The molecule has 7 rings (SSSR count). The number of imidazole rings is 1. The van der Waals surface area contributed by atoms with Crippen LogP contribution in [0, 0.1) is 6.92 Å². The molecule has 33 heavy (non-hydrogen) atoms. The molecule has 0 saturated heterocycles. The van der Waals surface area contributed by atoms with Gasteiger partial charge in [-0.2, -0.15) is 4.40 Å². The van der Waals surface area contributed by atoms with E-state index < -0.39 is 0 Å². The van der Waals surface area contributed by atoms with E-state index in [2.05, 4.69) is 71.5 Å². The molecule has 0 amide bonds. The SMILES string of the molecule is Cc1cc(C2CCCC2)nc2c3ccccc3[n+]3c4ccc(C5CCCC5)cc4n(C)c3c12. The number of hydrogen-bond acceptors (Lipinski definition) is 1. The molecular weight excluding hydrogens is 402 g/mol. The van der Waals surface area contributed by atoms with Crippen molar-refractivity contribution in [3.63, 3.8) is 0 Å². The van der Waals surface area contributed by atoms with Crippen molar-refractivity contribution in [2.24, 2.45) is 7.05 Å². The molecule has 0 N–H and O–H groups in total. The molecule has 5 aromatic rings. The lowest BCUT2D eigenvalue weighted by molar-refractivity contribution is -0.449. The maximum atomic E-state index is 5.36. The number of pyridine rings is 2. The molecule has 2 saturated carbocycles. The summed E-state index contributed by atoms with van der Waals surface area (Å²) in [4.78, 5) is 5.36. The van der Waals surface area contributed by atoms with Crippen molar-refractivity contribution in [2.45, 2.75) is 70.1 Å². The maximum Gasteiger partial charge on any atom is 0.297 e. The molecule has 0 aliphatic heterocycles. The third-order valence-electron chi connectivity index (χ3n) is 8.59. The summed E-state index contributed by atoms with van der Waals surface area (Å²) in [5, 5.41) is 2.57. The Balaban J connectivity index is 1.61. The first-order valence-corrected chi connectivity index (χ1v) is 12.9. The number of nitrogens with zero attached hydrogens (tertiary/aromatic N) is 3. The van der Waals surface area contributed by atoms with Crippen molar-refractivity contribution in [3.05, 3.63) is 65.4 Å². The summed E-state index contributed by atoms with van der Waals surface area (Å²) >= 11 is 0. The van der Waals surface area contributed by atoms with Gasteiger partial charge in [-0.15, -0.1) is 0 Å². The van der Waals surface area contributed by atoms with E-state index in [1.54, 1.807) is 0 Å². The molecule has 0 bridgehead atoms. The normalized spacial score (nSPS) is 18.0. The Kier molecular flexibility index (Phi) is 4.31. The summed E-state index contributed by atoms with van der Waals surface area (Å²) in [7, 11) is 2.24. The van der Waals surface area contributed by atoms with Gasteiger partial charge in [-0.05, 0) is 80.0 Å². The minimum absolute atomic E-state index is 0.622. The van der Waals surface area contributed by atoms with Gasteiger partial charge < -0.3 is 0 Å². The first-order chi connectivity index (χ1) is 16.2. The summed E-state index contributed by atoms with van der Waals surface area (Å²) < 4.78 is 4.90. The van der Waals surface area contributed by atoms with E-state index in [4.69, 9.17) is 4.98 Å². The Morgan fingerprint density at radius 2 is 1.58 bits per heavy atom. The number of benzene rings is 2. The zero-order chi connectivity index (χ0) is 22.1. The molecule has 166 valence electrons. The summed E-state index contributed by atoms with van der Waals surface area (Å²) in [6, 6.07) is 18.5. The predicted molar refractivity (Wildman–Crippen MR) is 136 cm³/mol. The number of fused-ring (bicyclic) bond motifs is 8. The fraction of sp³-hybridized carbons (Fsp3) is 0.400. The lowest BCUT2D eigenvalue weighted by atomic mass is 9.97. The molecule has 3 heteroatoms. The monoisotopic (exact) mass is 434 g/mol. The van der Waals surface area contributed by atoms with Crippen LogP contribution < -0.4 is 4.40 Å². The lowest BCUT2D eigenvalue weighted by Crippen LogP contribution is -2.23. The number of aromatic nitrogens is 3. The Hall–Kier alpha value is -2.94. The third kappa shape index (κ3) is 2.81. The Morgan fingerprint density at radius 1 is 0.848 bits per heavy atom. The van der Waals surface area contributed by atoms with E-state index in [0.717, 1.165) is 5.92 Å². The van der Waals surface area contributed by atoms with Crippen molar-refractivity contribution < 1.29 is 4.40 Å². The van der Waals surface area contributed by atoms with Gasteiger partial charge in [0.25, 0.3) is 5.65 Å². The Bertz CT molecular complexity index is 1550. The van der Waals surface area contributed by atoms with Crippen LogP contribution >= 0.6 is 0 Å². The fourth-order valence-corrected chi connectivity index (χ4v) is 6.89. The van der Waals surface area contributed by atoms with Gasteiger partial charge in [-0.1, -0.05) is 43.9 Å². The number of para-hydroxylation sites is 1. The molecule has 2 aliphatic rings. The number of aryl methyl sites for hydroxylation is 2.